The van der Waals surface area contributed by atoms with Crippen molar-refractivity contribution in [2.45, 2.75) is 18.8 Å². The third kappa shape index (κ3) is 2.91. The molecule has 4 rings (SSSR count). The first-order chi connectivity index (χ1) is 12.0. The van der Waals surface area contributed by atoms with Gasteiger partial charge in [-0.3, -0.25) is 0 Å². The minimum Gasteiger partial charge on any atom is -0.449 e. The Morgan fingerprint density at radius 1 is 1.24 bits per heavy atom. The quantitative estimate of drug-likeness (QED) is 0.617. The second-order valence-corrected chi connectivity index (χ2v) is 6.42. The fourth-order valence-electron chi connectivity index (χ4n) is 3.00. The van der Waals surface area contributed by atoms with Gasteiger partial charge in [0.15, 0.2) is 5.75 Å². The van der Waals surface area contributed by atoms with E-state index in [1.165, 1.54) is 6.07 Å². The van der Waals surface area contributed by atoms with Gasteiger partial charge in [0.2, 0.25) is 0 Å². The van der Waals surface area contributed by atoms with Crippen LogP contribution < -0.4 is 4.74 Å². The molecule has 3 aromatic rings. The zero-order valence-corrected chi connectivity index (χ0v) is 13.8. The molecule has 6 heteroatoms. The first-order valence-corrected chi connectivity index (χ1v) is 8.21. The van der Waals surface area contributed by atoms with Crippen LogP contribution in [0.1, 0.15) is 24.5 Å². The molecule has 2 aromatic carbocycles. The molecular weight excluding hydrogens is 345 g/mol. The molecule has 0 amide bonds. The Morgan fingerprint density at radius 2 is 2.00 bits per heavy atom. The molecule has 0 radical (unpaired) electrons. The molecule has 1 aliphatic carbocycles. The summed E-state index contributed by atoms with van der Waals surface area (Å²) in [6.07, 6.45) is 0.340. The van der Waals surface area contributed by atoms with E-state index in [0.717, 1.165) is 12.8 Å². The van der Waals surface area contributed by atoms with Gasteiger partial charge in [-0.05, 0) is 31.0 Å². The Morgan fingerprint density at radius 3 is 2.68 bits per heavy atom. The van der Waals surface area contributed by atoms with Crippen LogP contribution in [-0.4, -0.2) is 16.2 Å². The third-order valence-corrected chi connectivity index (χ3v) is 4.46. The first-order valence-electron chi connectivity index (χ1n) is 7.83. The number of hydrogen-bond acceptors (Lipinski definition) is 3. The summed E-state index contributed by atoms with van der Waals surface area (Å²) in [6, 6.07) is 11.3. The van der Waals surface area contributed by atoms with Crippen LogP contribution in [0.15, 0.2) is 42.5 Å². The summed E-state index contributed by atoms with van der Waals surface area (Å²) < 4.78 is 19.6. The number of halogens is 2. The smallest absolute Gasteiger partial charge is 0.449 e. The van der Waals surface area contributed by atoms with Crippen molar-refractivity contribution in [3.05, 3.63) is 59.0 Å². The lowest BCUT2D eigenvalue weighted by Crippen LogP contribution is -2.08. The van der Waals surface area contributed by atoms with Crippen molar-refractivity contribution in [2.24, 2.45) is 0 Å². The van der Waals surface area contributed by atoms with Crippen LogP contribution in [-0.2, 0) is 0 Å². The zero-order chi connectivity index (χ0) is 17.6. The first kappa shape index (κ1) is 15.8. The highest BCUT2D eigenvalue weighted by Crippen LogP contribution is 2.49. The number of nitrogens with zero attached hydrogens (tertiary/aromatic N) is 1. The van der Waals surface area contributed by atoms with Gasteiger partial charge in [-0.15, -0.1) is 0 Å². The largest absolute Gasteiger partial charge is 0.511 e. The van der Waals surface area contributed by atoms with Crippen LogP contribution in [0.25, 0.3) is 22.0 Å². The van der Waals surface area contributed by atoms with Gasteiger partial charge in [-0.2, -0.15) is 0 Å². The van der Waals surface area contributed by atoms with E-state index in [0.29, 0.717) is 27.2 Å². The van der Waals surface area contributed by atoms with E-state index in [9.17, 15) is 14.3 Å². The molecule has 4 nitrogen and oxygen atoms in total. The summed E-state index contributed by atoms with van der Waals surface area (Å²) in [7, 11) is 0. The van der Waals surface area contributed by atoms with Gasteiger partial charge in [-0.1, -0.05) is 35.9 Å². The van der Waals surface area contributed by atoms with Crippen LogP contribution in [0.5, 0.6) is 5.75 Å². The van der Waals surface area contributed by atoms with Crippen molar-refractivity contribution in [3.63, 3.8) is 0 Å². The topological polar surface area (TPSA) is 59.4 Å². The maximum Gasteiger partial charge on any atom is 0.511 e. The molecule has 25 heavy (non-hydrogen) atoms. The number of carboxylic acid groups (broad SMARTS) is 1. The number of pyridine rings is 1. The summed E-state index contributed by atoms with van der Waals surface area (Å²) in [4.78, 5) is 15.8. The zero-order valence-electron chi connectivity index (χ0n) is 13.0. The summed E-state index contributed by atoms with van der Waals surface area (Å²) in [6.45, 7) is 0. The van der Waals surface area contributed by atoms with E-state index in [4.69, 9.17) is 16.3 Å². The number of rotatable bonds is 3. The van der Waals surface area contributed by atoms with Gasteiger partial charge in [0.25, 0.3) is 0 Å². The lowest BCUT2D eigenvalue weighted by Gasteiger charge is -2.16. The Labute approximate surface area is 147 Å². The van der Waals surface area contributed by atoms with Crippen LogP contribution >= 0.6 is 11.6 Å². The predicted octanol–water partition coefficient (Wildman–Crippen LogP) is 5.63. The molecular formula is C19H13ClFNO3. The number of fused-ring (bicyclic) bond motifs is 1. The van der Waals surface area contributed by atoms with Gasteiger partial charge in [0, 0.05) is 27.5 Å². The second kappa shape index (κ2) is 6.01. The molecule has 1 N–H and O–H groups in total. The van der Waals surface area contributed by atoms with Crippen molar-refractivity contribution in [3.8, 4) is 16.9 Å². The van der Waals surface area contributed by atoms with E-state index in [1.807, 2.05) is 0 Å². The van der Waals surface area contributed by atoms with Crippen molar-refractivity contribution in [2.75, 3.05) is 0 Å². The van der Waals surface area contributed by atoms with E-state index in [-0.39, 0.29) is 17.2 Å². The van der Waals surface area contributed by atoms with Crippen LogP contribution in [0, 0.1) is 5.82 Å². The fraction of sp³-hybridized carbons (Fsp3) is 0.158. The summed E-state index contributed by atoms with van der Waals surface area (Å²) in [5.41, 5.74) is 1.79. The Bertz CT molecular complexity index is 1000. The Kier molecular flexibility index (Phi) is 3.81. The van der Waals surface area contributed by atoms with Gasteiger partial charge in [-0.25, -0.2) is 14.2 Å². The Balaban J connectivity index is 2.12. The minimum atomic E-state index is -1.45. The molecule has 1 aliphatic rings. The maximum atomic E-state index is 14.5. The minimum absolute atomic E-state index is 0.106. The molecule has 0 saturated heterocycles. The number of hydrogen-bond donors (Lipinski definition) is 1. The fourth-order valence-corrected chi connectivity index (χ4v) is 3.16. The average molecular weight is 358 g/mol. The highest BCUT2D eigenvalue weighted by atomic mass is 35.5. The number of carbonyl (C=O) groups is 1. The number of ether oxygens (including phenoxy) is 1. The van der Waals surface area contributed by atoms with Crippen molar-refractivity contribution < 1.29 is 19.0 Å². The number of aromatic nitrogens is 1. The number of benzene rings is 2. The van der Waals surface area contributed by atoms with E-state index in [2.05, 4.69) is 4.98 Å². The van der Waals surface area contributed by atoms with Crippen molar-refractivity contribution >= 4 is 28.7 Å². The monoisotopic (exact) mass is 357 g/mol. The van der Waals surface area contributed by atoms with Gasteiger partial charge < -0.3 is 9.84 Å². The molecule has 0 bridgehead atoms. The standard InChI is InChI=1S/C19H13ClFNO3/c20-11-7-8-13-15(9-11)22-17(10-5-6-10)18(25-19(23)24)16(13)12-3-1-2-4-14(12)21/h1-4,7-10H,5-6H2,(H,23,24). The molecule has 1 fully saturated rings. The highest BCUT2D eigenvalue weighted by Gasteiger charge is 2.33. The van der Waals surface area contributed by atoms with Crippen LogP contribution in [0.4, 0.5) is 9.18 Å². The van der Waals surface area contributed by atoms with E-state index >= 15 is 0 Å². The second-order valence-electron chi connectivity index (χ2n) is 5.98. The maximum absolute atomic E-state index is 14.5. The van der Waals surface area contributed by atoms with E-state index < -0.39 is 12.0 Å². The van der Waals surface area contributed by atoms with Gasteiger partial charge >= 0.3 is 6.16 Å². The molecule has 126 valence electrons. The van der Waals surface area contributed by atoms with Crippen molar-refractivity contribution in [1.29, 1.82) is 0 Å². The summed E-state index contributed by atoms with van der Waals surface area (Å²) >= 11 is 6.08. The lowest BCUT2D eigenvalue weighted by atomic mass is 9.97. The average Bonchev–Trinajstić information content (AvgIpc) is 3.39. The molecule has 1 heterocycles. The molecule has 1 aromatic heterocycles. The molecule has 0 atom stereocenters. The molecule has 1 saturated carbocycles. The molecule has 0 unspecified atom stereocenters. The van der Waals surface area contributed by atoms with Crippen molar-refractivity contribution in [1.82, 2.24) is 4.98 Å². The predicted molar refractivity (Wildman–Crippen MR) is 92.8 cm³/mol. The SMILES string of the molecule is O=C(O)Oc1c(C2CC2)nc2cc(Cl)ccc2c1-c1ccccc1F. The Hall–Kier alpha value is -2.66. The molecule has 0 spiro atoms. The van der Waals surface area contributed by atoms with Gasteiger partial charge in [0.1, 0.15) is 5.82 Å². The third-order valence-electron chi connectivity index (χ3n) is 4.23. The summed E-state index contributed by atoms with van der Waals surface area (Å²) in [5, 5.41) is 10.3. The lowest BCUT2D eigenvalue weighted by molar-refractivity contribution is 0.144. The highest BCUT2D eigenvalue weighted by molar-refractivity contribution is 6.31. The van der Waals surface area contributed by atoms with Crippen LogP contribution in [0.2, 0.25) is 5.02 Å². The van der Waals surface area contributed by atoms with Crippen LogP contribution in [0.3, 0.4) is 0 Å². The summed E-state index contributed by atoms with van der Waals surface area (Å²) in [5.74, 6) is -0.236. The normalized spacial score (nSPS) is 13.8. The van der Waals surface area contributed by atoms with E-state index in [1.54, 1.807) is 36.4 Å². The molecule has 0 aliphatic heterocycles. The van der Waals surface area contributed by atoms with Gasteiger partial charge in [0.05, 0.1) is 11.2 Å².